The van der Waals surface area contributed by atoms with Crippen LogP contribution in [0.2, 0.25) is 0 Å². The van der Waals surface area contributed by atoms with Crippen molar-refractivity contribution in [1.82, 2.24) is 20.5 Å². The molecule has 0 unspecified atom stereocenters. The highest BCUT2D eigenvalue weighted by Gasteiger charge is 2.20. The maximum absolute atomic E-state index is 5.59. The predicted octanol–water partition coefficient (Wildman–Crippen LogP) is 3.13. The van der Waals surface area contributed by atoms with Crippen LogP contribution in [0.15, 0.2) is 46.0 Å². The highest BCUT2D eigenvalue weighted by molar-refractivity contribution is 5.79. The Morgan fingerprint density at radius 2 is 2.00 bits per heavy atom. The van der Waals surface area contributed by atoms with Gasteiger partial charge in [0.25, 0.3) is 0 Å². The van der Waals surface area contributed by atoms with Crippen LogP contribution in [0.4, 0.5) is 0 Å². The van der Waals surface area contributed by atoms with Crippen LogP contribution in [0.5, 0.6) is 0 Å². The molecule has 0 spiro atoms. The molecular formula is C21H31N5O. The zero-order valence-corrected chi connectivity index (χ0v) is 16.6. The van der Waals surface area contributed by atoms with Crippen LogP contribution in [0, 0.1) is 5.92 Å². The topological polar surface area (TPSA) is 65.7 Å². The van der Waals surface area contributed by atoms with Gasteiger partial charge < -0.3 is 20.0 Å². The number of guanidine groups is 1. The lowest BCUT2D eigenvalue weighted by atomic mass is 10.0. The van der Waals surface area contributed by atoms with E-state index in [1.165, 1.54) is 6.54 Å². The van der Waals surface area contributed by atoms with Gasteiger partial charge in [0, 0.05) is 38.3 Å². The Labute approximate surface area is 162 Å². The quantitative estimate of drug-likeness (QED) is 0.605. The van der Waals surface area contributed by atoms with Gasteiger partial charge in [0.05, 0.1) is 12.2 Å². The fourth-order valence-corrected chi connectivity index (χ4v) is 3.44. The second kappa shape index (κ2) is 9.55. The number of piperidine rings is 1. The van der Waals surface area contributed by atoms with Crippen molar-refractivity contribution in [2.45, 2.75) is 39.3 Å². The van der Waals surface area contributed by atoms with E-state index in [9.17, 15) is 0 Å². The van der Waals surface area contributed by atoms with Crippen molar-refractivity contribution in [1.29, 1.82) is 0 Å². The van der Waals surface area contributed by atoms with E-state index in [1.54, 1.807) is 13.3 Å². The Morgan fingerprint density at radius 3 is 2.67 bits per heavy atom. The Balaban J connectivity index is 1.46. The third-order valence-electron chi connectivity index (χ3n) is 4.78. The molecule has 6 heteroatoms. The molecule has 6 nitrogen and oxygen atoms in total. The van der Waals surface area contributed by atoms with Crippen molar-refractivity contribution in [3.63, 3.8) is 0 Å². The molecule has 1 aromatic heterocycles. The maximum atomic E-state index is 5.59. The first-order valence-electron chi connectivity index (χ1n) is 9.83. The SMILES string of the molecule is CN=C(NCc1coc(-c2ccccc2)n1)NC1CCN(CC(C)C)CC1. The van der Waals surface area contributed by atoms with E-state index in [2.05, 4.69) is 39.4 Å². The normalized spacial score (nSPS) is 16.7. The molecule has 1 saturated heterocycles. The molecule has 1 aliphatic rings. The van der Waals surface area contributed by atoms with E-state index >= 15 is 0 Å². The Kier molecular flexibility index (Phi) is 6.87. The second-order valence-electron chi connectivity index (χ2n) is 7.55. The van der Waals surface area contributed by atoms with Crippen molar-refractivity contribution >= 4 is 5.96 Å². The summed E-state index contributed by atoms with van der Waals surface area (Å²) in [5.74, 6) is 2.20. The van der Waals surface area contributed by atoms with Gasteiger partial charge in [-0.25, -0.2) is 4.98 Å². The molecule has 0 amide bonds. The number of hydrogen-bond acceptors (Lipinski definition) is 4. The van der Waals surface area contributed by atoms with Crippen molar-refractivity contribution in [3.05, 3.63) is 42.3 Å². The third-order valence-corrected chi connectivity index (χ3v) is 4.78. The van der Waals surface area contributed by atoms with Crippen LogP contribution in [0.3, 0.4) is 0 Å². The zero-order valence-electron chi connectivity index (χ0n) is 16.6. The molecule has 146 valence electrons. The van der Waals surface area contributed by atoms with Crippen molar-refractivity contribution in [2.75, 3.05) is 26.7 Å². The number of nitrogens with one attached hydrogen (secondary N) is 2. The smallest absolute Gasteiger partial charge is 0.226 e. The molecule has 1 aliphatic heterocycles. The van der Waals surface area contributed by atoms with E-state index in [1.807, 2.05) is 30.3 Å². The zero-order chi connectivity index (χ0) is 19.1. The number of benzene rings is 1. The summed E-state index contributed by atoms with van der Waals surface area (Å²) in [4.78, 5) is 11.5. The standard InChI is InChI=1S/C21H31N5O/c1-16(2)14-26-11-9-18(10-12-26)25-21(22-3)23-13-19-15-27-20(24-19)17-7-5-4-6-8-17/h4-8,15-16,18H,9-14H2,1-3H3,(H2,22,23,25). The molecule has 2 heterocycles. The number of oxazole rings is 1. The molecule has 2 N–H and O–H groups in total. The molecule has 0 bridgehead atoms. The maximum Gasteiger partial charge on any atom is 0.226 e. The summed E-state index contributed by atoms with van der Waals surface area (Å²) in [6, 6.07) is 10.4. The predicted molar refractivity (Wildman–Crippen MR) is 110 cm³/mol. The number of likely N-dealkylation sites (tertiary alicyclic amines) is 1. The lowest BCUT2D eigenvalue weighted by Gasteiger charge is -2.33. The summed E-state index contributed by atoms with van der Waals surface area (Å²) in [5.41, 5.74) is 1.85. The van der Waals surface area contributed by atoms with Gasteiger partial charge >= 0.3 is 0 Å². The molecule has 0 saturated carbocycles. The van der Waals surface area contributed by atoms with Crippen molar-refractivity contribution in [3.8, 4) is 11.5 Å². The number of nitrogens with zero attached hydrogens (tertiary/aromatic N) is 3. The van der Waals surface area contributed by atoms with Crippen LogP contribution in [0.1, 0.15) is 32.4 Å². The molecule has 1 aromatic carbocycles. The summed E-state index contributed by atoms with van der Waals surface area (Å²) in [6.07, 6.45) is 4.00. The summed E-state index contributed by atoms with van der Waals surface area (Å²) < 4.78 is 5.59. The van der Waals surface area contributed by atoms with E-state index in [4.69, 9.17) is 4.42 Å². The highest BCUT2D eigenvalue weighted by atomic mass is 16.3. The van der Waals surface area contributed by atoms with Gasteiger partial charge in [-0.2, -0.15) is 0 Å². The molecule has 0 atom stereocenters. The Bertz CT molecular complexity index is 717. The van der Waals surface area contributed by atoms with Crippen LogP contribution >= 0.6 is 0 Å². The number of hydrogen-bond donors (Lipinski definition) is 2. The van der Waals surface area contributed by atoms with Crippen molar-refractivity contribution < 1.29 is 4.42 Å². The van der Waals surface area contributed by atoms with Crippen LogP contribution in [-0.4, -0.2) is 48.6 Å². The van der Waals surface area contributed by atoms with Crippen LogP contribution in [0.25, 0.3) is 11.5 Å². The summed E-state index contributed by atoms with van der Waals surface area (Å²) in [6.45, 7) is 8.64. The molecular weight excluding hydrogens is 338 g/mol. The largest absolute Gasteiger partial charge is 0.444 e. The van der Waals surface area contributed by atoms with Gasteiger partial charge in [0.15, 0.2) is 5.96 Å². The van der Waals surface area contributed by atoms with Gasteiger partial charge in [-0.1, -0.05) is 32.0 Å². The summed E-state index contributed by atoms with van der Waals surface area (Å²) in [5, 5.41) is 6.89. The minimum Gasteiger partial charge on any atom is -0.444 e. The van der Waals surface area contributed by atoms with Crippen LogP contribution < -0.4 is 10.6 Å². The molecule has 2 aromatic rings. The Morgan fingerprint density at radius 1 is 1.26 bits per heavy atom. The fourth-order valence-electron chi connectivity index (χ4n) is 3.44. The first-order chi connectivity index (χ1) is 13.1. The molecule has 27 heavy (non-hydrogen) atoms. The monoisotopic (exact) mass is 369 g/mol. The highest BCUT2D eigenvalue weighted by Crippen LogP contribution is 2.17. The van der Waals surface area contributed by atoms with E-state index in [0.29, 0.717) is 18.5 Å². The van der Waals surface area contributed by atoms with Gasteiger partial charge in [-0.05, 0) is 30.9 Å². The third kappa shape index (κ3) is 5.82. The number of aliphatic imine (C=N–C) groups is 1. The first-order valence-corrected chi connectivity index (χ1v) is 9.83. The lowest BCUT2D eigenvalue weighted by Crippen LogP contribution is -2.49. The molecule has 1 fully saturated rings. The fraction of sp³-hybridized carbons (Fsp3) is 0.524. The minimum absolute atomic E-state index is 0.469. The van der Waals surface area contributed by atoms with Gasteiger partial charge in [0.2, 0.25) is 5.89 Å². The van der Waals surface area contributed by atoms with Gasteiger partial charge in [-0.3, -0.25) is 4.99 Å². The first kappa shape index (κ1) is 19.4. The second-order valence-corrected chi connectivity index (χ2v) is 7.55. The Hall–Kier alpha value is -2.34. The van der Waals surface area contributed by atoms with E-state index < -0.39 is 0 Å². The summed E-state index contributed by atoms with van der Waals surface area (Å²) in [7, 11) is 1.81. The van der Waals surface area contributed by atoms with Crippen molar-refractivity contribution in [2.24, 2.45) is 10.9 Å². The van der Waals surface area contributed by atoms with Gasteiger partial charge in [-0.15, -0.1) is 0 Å². The average Bonchev–Trinajstić information content (AvgIpc) is 3.16. The number of aromatic nitrogens is 1. The number of rotatable bonds is 6. The van der Waals surface area contributed by atoms with E-state index in [-0.39, 0.29) is 0 Å². The average molecular weight is 370 g/mol. The lowest BCUT2D eigenvalue weighted by molar-refractivity contribution is 0.187. The molecule has 3 rings (SSSR count). The minimum atomic E-state index is 0.469. The molecule has 0 aliphatic carbocycles. The summed E-state index contributed by atoms with van der Waals surface area (Å²) >= 11 is 0. The molecule has 0 radical (unpaired) electrons. The van der Waals surface area contributed by atoms with Gasteiger partial charge in [0.1, 0.15) is 6.26 Å². The van der Waals surface area contributed by atoms with Crippen LogP contribution in [-0.2, 0) is 6.54 Å². The van der Waals surface area contributed by atoms with E-state index in [0.717, 1.165) is 49.1 Å².